The van der Waals surface area contributed by atoms with Crippen molar-refractivity contribution in [1.82, 2.24) is 4.83 Å². The van der Waals surface area contributed by atoms with Crippen LogP contribution in [0.3, 0.4) is 0 Å². The number of nitrogens with zero attached hydrogens (tertiary/aromatic N) is 1. The van der Waals surface area contributed by atoms with Crippen LogP contribution < -0.4 is 4.83 Å². The van der Waals surface area contributed by atoms with Crippen LogP contribution in [-0.4, -0.2) is 14.1 Å². The van der Waals surface area contributed by atoms with Crippen molar-refractivity contribution in [3.63, 3.8) is 0 Å². The monoisotopic (exact) mass is 322 g/mol. The smallest absolute Gasteiger partial charge is 0.200 e. The van der Waals surface area contributed by atoms with Gasteiger partial charge in [-0.15, -0.1) is 0 Å². The highest BCUT2D eigenvalue weighted by Crippen LogP contribution is 2.29. The minimum Gasteiger partial charge on any atom is -0.200 e. The van der Waals surface area contributed by atoms with Crippen LogP contribution in [0.2, 0.25) is 0 Å². The molecule has 2 atom stereocenters. The van der Waals surface area contributed by atoms with E-state index in [1.165, 1.54) is 6.42 Å². The first-order chi connectivity index (χ1) is 10.4. The number of aryl methyl sites for hydroxylation is 1. The van der Waals surface area contributed by atoms with Crippen molar-refractivity contribution in [2.24, 2.45) is 16.9 Å². The molecule has 0 amide bonds. The van der Waals surface area contributed by atoms with Gasteiger partial charge >= 0.3 is 0 Å². The van der Waals surface area contributed by atoms with Crippen LogP contribution in [-0.2, 0) is 10.0 Å². The van der Waals surface area contributed by atoms with E-state index in [9.17, 15) is 8.42 Å². The Kier molecular flexibility index (Phi) is 5.62. The SMILES string of the molecule is CC[C@@H](C)[C@@H]1CCCC/C1=N/NS(=O)(=O)c1ccc(C)cc1. The molecule has 1 saturated carbocycles. The van der Waals surface area contributed by atoms with Crippen LogP contribution in [0.25, 0.3) is 0 Å². The maximum atomic E-state index is 12.3. The van der Waals surface area contributed by atoms with Gasteiger partial charge in [0.1, 0.15) is 0 Å². The molecule has 22 heavy (non-hydrogen) atoms. The molecule has 4 nitrogen and oxygen atoms in total. The van der Waals surface area contributed by atoms with E-state index in [1.807, 2.05) is 6.92 Å². The molecular formula is C17H26N2O2S. The predicted octanol–water partition coefficient (Wildman–Crippen LogP) is 3.87. The van der Waals surface area contributed by atoms with E-state index < -0.39 is 10.0 Å². The fourth-order valence-electron chi connectivity index (χ4n) is 2.95. The van der Waals surface area contributed by atoms with E-state index in [-0.39, 0.29) is 4.90 Å². The second kappa shape index (κ2) is 7.27. The zero-order valence-corrected chi connectivity index (χ0v) is 14.5. The minimum atomic E-state index is -3.57. The summed E-state index contributed by atoms with van der Waals surface area (Å²) < 4.78 is 24.6. The van der Waals surface area contributed by atoms with Crippen LogP contribution in [0.4, 0.5) is 0 Å². The fraction of sp³-hybridized carbons (Fsp3) is 0.588. The van der Waals surface area contributed by atoms with Gasteiger partial charge in [0.15, 0.2) is 0 Å². The van der Waals surface area contributed by atoms with Crippen molar-refractivity contribution >= 4 is 15.7 Å². The molecular weight excluding hydrogens is 296 g/mol. The zero-order valence-electron chi connectivity index (χ0n) is 13.7. The predicted molar refractivity (Wildman–Crippen MR) is 90.3 cm³/mol. The van der Waals surface area contributed by atoms with E-state index in [0.29, 0.717) is 11.8 Å². The summed E-state index contributed by atoms with van der Waals surface area (Å²) in [5.74, 6) is 0.947. The maximum absolute atomic E-state index is 12.3. The van der Waals surface area contributed by atoms with E-state index in [1.54, 1.807) is 24.3 Å². The average molecular weight is 322 g/mol. The van der Waals surface area contributed by atoms with Crippen LogP contribution >= 0.6 is 0 Å². The lowest BCUT2D eigenvalue weighted by Crippen LogP contribution is -2.29. The normalized spacial score (nSPS) is 22.5. The molecule has 0 aliphatic heterocycles. The first-order valence-electron chi connectivity index (χ1n) is 8.09. The number of rotatable bonds is 5. The number of nitrogens with one attached hydrogen (secondary N) is 1. The molecule has 1 N–H and O–H groups in total. The number of hydrazone groups is 1. The van der Waals surface area contributed by atoms with Gasteiger partial charge in [-0.05, 0) is 44.2 Å². The van der Waals surface area contributed by atoms with Gasteiger partial charge in [-0.1, -0.05) is 44.4 Å². The van der Waals surface area contributed by atoms with Gasteiger partial charge in [0.05, 0.1) is 4.90 Å². The number of hydrogen-bond donors (Lipinski definition) is 1. The summed E-state index contributed by atoms with van der Waals surface area (Å²) >= 11 is 0. The van der Waals surface area contributed by atoms with Crippen LogP contribution in [0.1, 0.15) is 51.5 Å². The van der Waals surface area contributed by atoms with Crippen LogP contribution in [0.5, 0.6) is 0 Å². The fourth-order valence-corrected chi connectivity index (χ4v) is 3.78. The Hall–Kier alpha value is -1.36. The quantitative estimate of drug-likeness (QED) is 0.837. The molecule has 1 aromatic carbocycles. The molecule has 0 spiro atoms. The van der Waals surface area contributed by atoms with Gasteiger partial charge in [0.2, 0.25) is 0 Å². The maximum Gasteiger partial charge on any atom is 0.276 e. The van der Waals surface area contributed by atoms with Crippen molar-refractivity contribution in [3.8, 4) is 0 Å². The number of hydrogen-bond acceptors (Lipinski definition) is 3. The van der Waals surface area contributed by atoms with E-state index in [2.05, 4.69) is 23.8 Å². The standard InChI is InChI=1S/C17H26N2O2S/c1-4-14(3)16-7-5-6-8-17(16)18-19-22(20,21)15-11-9-13(2)10-12-15/h9-12,14,16,19H,4-8H2,1-3H3/b18-17-/t14-,16+/m1/s1. The molecule has 122 valence electrons. The molecule has 0 unspecified atom stereocenters. The minimum absolute atomic E-state index is 0.262. The lowest BCUT2D eigenvalue weighted by molar-refractivity contribution is 0.379. The topological polar surface area (TPSA) is 58.5 Å². The first kappa shape index (κ1) is 17.0. The molecule has 0 heterocycles. The van der Waals surface area contributed by atoms with Gasteiger partial charge < -0.3 is 0 Å². The summed E-state index contributed by atoms with van der Waals surface area (Å²) in [6.45, 7) is 6.33. The zero-order chi connectivity index (χ0) is 16.2. The molecule has 0 bridgehead atoms. The van der Waals surface area contributed by atoms with Crippen molar-refractivity contribution in [2.45, 2.75) is 57.8 Å². The Bertz CT molecular complexity index is 621. The summed E-state index contributed by atoms with van der Waals surface area (Å²) in [5, 5.41) is 4.28. The Morgan fingerprint density at radius 1 is 1.27 bits per heavy atom. The second-order valence-electron chi connectivity index (χ2n) is 6.25. The Morgan fingerprint density at radius 2 is 1.95 bits per heavy atom. The van der Waals surface area contributed by atoms with Gasteiger partial charge in [0, 0.05) is 11.6 Å². The second-order valence-corrected chi connectivity index (χ2v) is 7.91. The highest BCUT2D eigenvalue weighted by molar-refractivity contribution is 7.89. The Morgan fingerprint density at radius 3 is 2.59 bits per heavy atom. The molecule has 5 heteroatoms. The summed E-state index contributed by atoms with van der Waals surface area (Å²) in [6, 6.07) is 6.82. The highest BCUT2D eigenvalue weighted by atomic mass is 32.2. The lowest BCUT2D eigenvalue weighted by Gasteiger charge is -2.28. The van der Waals surface area contributed by atoms with Crippen molar-refractivity contribution in [1.29, 1.82) is 0 Å². The molecule has 1 aliphatic carbocycles. The van der Waals surface area contributed by atoms with Crippen LogP contribution in [0.15, 0.2) is 34.3 Å². The lowest BCUT2D eigenvalue weighted by atomic mass is 9.78. The molecule has 1 aromatic rings. The van der Waals surface area contributed by atoms with Gasteiger partial charge in [-0.25, -0.2) is 4.83 Å². The van der Waals surface area contributed by atoms with E-state index >= 15 is 0 Å². The molecule has 0 aromatic heterocycles. The third-order valence-electron chi connectivity index (χ3n) is 4.60. The van der Waals surface area contributed by atoms with Gasteiger partial charge in [-0.2, -0.15) is 13.5 Å². The summed E-state index contributed by atoms with van der Waals surface area (Å²) in [7, 11) is -3.57. The molecule has 0 saturated heterocycles. The largest absolute Gasteiger partial charge is 0.276 e. The Labute approximate surface area is 134 Å². The summed E-state index contributed by atoms with van der Waals surface area (Å²) in [6.07, 6.45) is 5.40. The van der Waals surface area contributed by atoms with E-state index in [0.717, 1.165) is 37.0 Å². The molecule has 0 radical (unpaired) electrons. The molecule has 1 fully saturated rings. The number of benzene rings is 1. The average Bonchev–Trinajstić information content (AvgIpc) is 2.53. The highest BCUT2D eigenvalue weighted by Gasteiger charge is 2.25. The summed E-state index contributed by atoms with van der Waals surface area (Å²) in [5.41, 5.74) is 2.05. The summed E-state index contributed by atoms with van der Waals surface area (Å²) in [4.78, 5) is 2.70. The molecule has 1 aliphatic rings. The van der Waals surface area contributed by atoms with Crippen LogP contribution in [0, 0.1) is 18.8 Å². The first-order valence-corrected chi connectivity index (χ1v) is 9.57. The third kappa shape index (κ3) is 4.09. The Balaban J connectivity index is 2.16. The third-order valence-corrected chi connectivity index (χ3v) is 5.82. The molecule has 2 rings (SSSR count). The van der Waals surface area contributed by atoms with Gasteiger partial charge in [-0.3, -0.25) is 0 Å². The van der Waals surface area contributed by atoms with Crippen molar-refractivity contribution in [3.05, 3.63) is 29.8 Å². The number of sulfonamides is 1. The van der Waals surface area contributed by atoms with Crippen molar-refractivity contribution in [2.75, 3.05) is 0 Å². The van der Waals surface area contributed by atoms with E-state index in [4.69, 9.17) is 0 Å². The van der Waals surface area contributed by atoms with Crippen molar-refractivity contribution < 1.29 is 8.42 Å². The van der Waals surface area contributed by atoms with Gasteiger partial charge in [0.25, 0.3) is 10.0 Å².